The molecule has 8 heteroatoms. The highest BCUT2D eigenvalue weighted by Crippen LogP contribution is 2.13. The van der Waals surface area contributed by atoms with Crippen molar-refractivity contribution in [3.8, 4) is 0 Å². The first-order valence-electron chi connectivity index (χ1n) is 5.30. The highest BCUT2D eigenvalue weighted by Gasteiger charge is 2.11. The molecule has 1 aromatic heterocycles. The lowest BCUT2D eigenvalue weighted by atomic mass is 10.3. The van der Waals surface area contributed by atoms with Gasteiger partial charge in [0.1, 0.15) is 5.69 Å². The van der Waals surface area contributed by atoms with Crippen molar-refractivity contribution in [3.05, 3.63) is 42.2 Å². The molecule has 19 heavy (non-hydrogen) atoms. The molecule has 1 heterocycles. The number of hydrogen-bond donors (Lipinski definition) is 2. The van der Waals surface area contributed by atoms with Crippen molar-refractivity contribution in [2.24, 2.45) is 12.2 Å². The summed E-state index contributed by atoms with van der Waals surface area (Å²) in [7, 11) is -2.07. The first-order valence-corrected chi connectivity index (χ1v) is 6.85. The molecule has 0 aliphatic heterocycles. The van der Waals surface area contributed by atoms with Crippen molar-refractivity contribution in [3.63, 3.8) is 0 Å². The SMILES string of the molecule is Cn1nccc1C(=O)Nc1ccc(S(N)(=O)=O)cc1. The Balaban J connectivity index is 2.17. The topological polar surface area (TPSA) is 107 Å². The van der Waals surface area contributed by atoms with E-state index in [1.54, 1.807) is 13.1 Å². The van der Waals surface area contributed by atoms with Crippen LogP contribution in [0.5, 0.6) is 0 Å². The molecule has 0 saturated heterocycles. The number of nitrogens with zero attached hydrogens (tertiary/aromatic N) is 2. The third-order valence-electron chi connectivity index (χ3n) is 2.49. The Kier molecular flexibility index (Phi) is 3.36. The Hall–Kier alpha value is -2.19. The smallest absolute Gasteiger partial charge is 0.273 e. The van der Waals surface area contributed by atoms with Gasteiger partial charge < -0.3 is 5.32 Å². The van der Waals surface area contributed by atoms with Gasteiger partial charge in [-0.2, -0.15) is 5.10 Å². The minimum Gasteiger partial charge on any atom is -0.321 e. The number of benzene rings is 1. The fraction of sp³-hybridized carbons (Fsp3) is 0.0909. The first kappa shape index (κ1) is 13.2. The summed E-state index contributed by atoms with van der Waals surface area (Å²) < 4.78 is 23.6. The Labute approximate surface area is 110 Å². The van der Waals surface area contributed by atoms with Gasteiger partial charge in [-0.1, -0.05) is 0 Å². The maximum absolute atomic E-state index is 11.9. The van der Waals surface area contributed by atoms with Crippen molar-refractivity contribution in [2.75, 3.05) is 5.32 Å². The van der Waals surface area contributed by atoms with E-state index in [0.717, 1.165) is 0 Å². The summed E-state index contributed by atoms with van der Waals surface area (Å²) in [6.45, 7) is 0. The van der Waals surface area contributed by atoms with Crippen LogP contribution in [0.2, 0.25) is 0 Å². The van der Waals surface area contributed by atoms with E-state index in [0.29, 0.717) is 11.4 Å². The van der Waals surface area contributed by atoms with E-state index in [1.807, 2.05) is 0 Å². The molecule has 7 nitrogen and oxygen atoms in total. The van der Waals surface area contributed by atoms with Crippen LogP contribution in [0, 0.1) is 0 Å². The average Bonchev–Trinajstić information content (AvgIpc) is 2.75. The number of rotatable bonds is 3. The van der Waals surface area contributed by atoms with Crippen LogP contribution in [0.15, 0.2) is 41.4 Å². The van der Waals surface area contributed by atoms with Crippen LogP contribution in [-0.2, 0) is 17.1 Å². The summed E-state index contributed by atoms with van der Waals surface area (Å²) in [5, 5.41) is 11.5. The number of primary sulfonamides is 1. The zero-order valence-electron chi connectivity index (χ0n) is 10.1. The maximum Gasteiger partial charge on any atom is 0.273 e. The predicted molar refractivity (Wildman–Crippen MR) is 69.0 cm³/mol. The van der Waals surface area contributed by atoms with Crippen molar-refractivity contribution in [2.45, 2.75) is 4.90 Å². The van der Waals surface area contributed by atoms with E-state index in [1.165, 1.54) is 35.1 Å². The van der Waals surface area contributed by atoms with Crippen molar-refractivity contribution < 1.29 is 13.2 Å². The van der Waals surface area contributed by atoms with E-state index in [4.69, 9.17) is 5.14 Å². The van der Waals surface area contributed by atoms with Gasteiger partial charge in [0, 0.05) is 18.9 Å². The zero-order chi connectivity index (χ0) is 14.0. The van der Waals surface area contributed by atoms with E-state index >= 15 is 0 Å². The second kappa shape index (κ2) is 4.82. The Morgan fingerprint density at radius 2 is 1.89 bits per heavy atom. The summed E-state index contributed by atoms with van der Waals surface area (Å²) in [4.78, 5) is 11.9. The standard InChI is InChI=1S/C11H12N4O3S/c1-15-10(6-7-13-15)11(16)14-8-2-4-9(5-3-8)19(12,17)18/h2-7H,1H3,(H,14,16)(H2,12,17,18). The van der Waals surface area contributed by atoms with Gasteiger partial charge in [0.15, 0.2) is 0 Å². The molecule has 0 radical (unpaired) electrons. The normalized spacial score (nSPS) is 11.3. The summed E-state index contributed by atoms with van der Waals surface area (Å²) >= 11 is 0. The molecule has 0 atom stereocenters. The minimum atomic E-state index is -3.72. The number of anilines is 1. The lowest BCUT2D eigenvalue weighted by Crippen LogP contribution is -2.16. The Bertz CT molecular complexity index is 704. The maximum atomic E-state index is 11.9. The molecule has 0 aliphatic carbocycles. The molecule has 0 fully saturated rings. The van der Waals surface area contributed by atoms with E-state index in [9.17, 15) is 13.2 Å². The molecule has 1 amide bonds. The number of carbonyl (C=O) groups excluding carboxylic acids is 1. The third-order valence-corrected chi connectivity index (χ3v) is 3.42. The molecule has 0 unspecified atom stereocenters. The average molecular weight is 280 g/mol. The van der Waals surface area contributed by atoms with Gasteiger partial charge in [-0.25, -0.2) is 13.6 Å². The number of nitrogens with two attached hydrogens (primary N) is 1. The zero-order valence-corrected chi connectivity index (χ0v) is 10.9. The molecule has 2 aromatic rings. The lowest BCUT2D eigenvalue weighted by molar-refractivity contribution is 0.101. The van der Waals surface area contributed by atoms with E-state index < -0.39 is 10.0 Å². The fourth-order valence-corrected chi connectivity index (χ4v) is 2.04. The van der Waals surface area contributed by atoms with Gasteiger partial charge in [-0.05, 0) is 30.3 Å². The monoisotopic (exact) mass is 280 g/mol. The van der Waals surface area contributed by atoms with Crippen molar-refractivity contribution >= 4 is 21.6 Å². The van der Waals surface area contributed by atoms with Gasteiger partial charge >= 0.3 is 0 Å². The lowest BCUT2D eigenvalue weighted by Gasteiger charge is -2.06. The molecule has 3 N–H and O–H groups in total. The first-order chi connectivity index (χ1) is 8.88. The summed E-state index contributed by atoms with van der Waals surface area (Å²) in [6, 6.07) is 7.17. The van der Waals surface area contributed by atoms with E-state index in [-0.39, 0.29) is 10.8 Å². The molecule has 2 rings (SSSR count). The van der Waals surface area contributed by atoms with Crippen LogP contribution in [0.25, 0.3) is 0 Å². The molecule has 100 valence electrons. The summed E-state index contributed by atoms with van der Waals surface area (Å²) in [5.41, 5.74) is 0.870. The molecule has 0 spiro atoms. The van der Waals surface area contributed by atoms with Crippen LogP contribution in [0.4, 0.5) is 5.69 Å². The molecule has 0 aliphatic rings. The number of aromatic nitrogens is 2. The Morgan fingerprint density at radius 3 is 2.37 bits per heavy atom. The number of carbonyl (C=O) groups is 1. The number of amides is 1. The molecule has 0 saturated carbocycles. The largest absolute Gasteiger partial charge is 0.321 e. The second-order valence-electron chi connectivity index (χ2n) is 3.86. The molecule has 0 bridgehead atoms. The van der Waals surface area contributed by atoms with Crippen LogP contribution in [0.3, 0.4) is 0 Å². The fourth-order valence-electron chi connectivity index (χ4n) is 1.52. The van der Waals surface area contributed by atoms with Gasteiger partial charge in [0.2, 0.25) is 10.0 Å². The summed E-state index contributed by atoms with van der Waals surface area (Å²) in [5.74, 6) is -0.330. The predicted octanol–water partition coefficient (Wildman–Crippen LogP) is 0.320. The third kappa shape index (κ3) is 2.98. The van der Waals surface area contributed by atoms with Crippen LogP contribution >= 0.6 is 0 Å². The molecular weight excluding hydrogens is 268 g/mol. The van der Waals surface area contributed by atoms with Crippen LogP contribution < -0.4 is 10.5 Å². The molecular formula is C11H12N4O3S. The highest BCUT2D eigenvalue weighted by atomic mass is 32.2. The quantitative estimate of drug-likeness (QED) is 0.844. The summed E-state index contributed by atoms with van der Waals surface area (Å²) in [6.07, 6.45) is 1.51. The Morgan fingerprint density at radius 1 is 1.26 bits per heavy atom. The van der Waals surface area contributed by atoms with Gasteiger partial charge in [-0.15, -0.1) is 0 Å². The number of nitrogens with one attached hydrogen (secondary N) is 1. The van der Waals surface area contributed by atoms with Crippen molar-refractivity contribution in [1.82, 2.24) is 9.78 Å². The van der Waals surface area contributed by atoms with Crippen molar-refractivity contribution in [1.29, 1.82) is 0 Å². The number of hydrogen-bond acceptors (Lipinski definition) is 4. The highest BCUT2D eigenvalue weighted by molar-refractivity contribution is 7.89. The van der Waals surface area contributed by atoms with Crippen LogP contribution in [0.1, 0.15) is 10.5 Å². The second-order valence-corrected chi connectivity index (χ2v) is 5.42. The number of aryl methyl sites for hydroxylation is 1. The minimum absolute atomic E-state index is 0.00830. The van der Waals surface area contributed by atoms with Gasteiger partial charge in [0.05, 0.1) is 4.90 Å². The molecule has 1 aromatic carbocycles. The van der Waals surface area contributed by atoms with E-state index in [2.05, 4.69) is 10.4 Å². The van der Waals surface area contributed by atoms with Crippen LogP contribution in [-0.4, -0.2) is 24.1 Å². The van der Waals surface area contributed by atoms with Gasteiger partial charge in [-0.3, -0.25) is 9.48 Å². The number of sulfonamides is 1. The van der Waals surface area contributed by atoms with Gasteiger partial charge in [0.25, 0.3) is 5.91 Å².